The van der Waals surface area contributed by atoms with Gasteiger partial charge in [-0.1, -0.05) is 6.08 Å². The first-order chi connectivity index (χ1) is 3.56. The van der Waals surface area contributed by atoms with Crippen LogP contribution in [0.25, 0.3) is 0 Å². The van der Waals surface area contributed by atoms with Gasteiger partial charge >= 0.3 is 0 Å². The first kappa shape index (κ1) is 7.69. The highest BCUT2D eigenvalue weighted by Crippen LogP contribution is 1.86. The highest BCUT2D eigenvalue weighted by Gasteiger charge is 1.88. The molecule has 0 aliphatic heterocycles. The van der Waals surface area contributed by atoms with E-state index in [1.807, 2.05) is 0 Å². The zero-order valence-corrected chi connectivity index (χ0v) is 5.61. The van der Waals surface area contributed by atoms with Crippen LogP contribution >= 0.6 is 0 Å². The topological polar surface area (TPSA) is 34.1 Å². The number of hydrogen-bond donors (Lipinski definition) is 0. The average molecular weight is 133 g/mol. The lowest BCUT2D eigenvalue weighted by Crippen LogP contribution is -1.86. The van der Waals surface area contributed by atoms with E-state index >= 15 is 0 Å². The molecular weight excluding hydrogens is 124 g/mol. The first-order valence-electron chi connectivity index (χ1n) is 2.22. The zero-order chi connectivity index (χ0) is 6.62. The monoisotopic (exact) mass is 133 g/mol. The average Bonchev–Trinajstić information content (AvgIpc) is 1.59. The first-order valence-corrected chi connectivity index (χ1v) is 4.17. The molecule has 47 valence electrons. The highest BCUT2D eigenvalue weighted by atomic mass is 32.2. The molecule has 0 aromatic carbocycles. The number of rotatable bonds is 2. The van der Waals surface area contributed by atoms with Crippen LogP contribution in [0.4, 0.5) is 0 Å². The van der Waals surface area contributed by atoms with E-state index in [0.717, 1.165) is 11.7 Å². The Kier molecular flexibility index (Phi) is 2.76. The van der Waals surface area contributed by atoms with Gasteiger partial charge in [-0.25, -0.2) is 8.42 Å². The van der Waals surface area contributed by atoms with Crippen LogP contribution in [0.2, 0.25) is 0 Å². The Morgan fingerprint density at radius 3 is 2.25 bits per heavy atom. The van der Waals surface area contributed by atoms with Crippen molar-refractivity contribution >= 4 is 9.84 Å². The third kappa shape index (κ3) is 5.69. The normalized spacial score (nSPS) is 12.8. The third-order valence-corrected chi connectivity index (χ3v) is 1.20. The van der Waals surface area contributed by atoms with Crippen LogP contribution in [-0.2, 0) is 9.84 Å². The van der Waals surface area contributed by atoms with E-state index in [4.69, 9.17) is 0 Å². The van der Waals surface area contributed by atoms with Crippen molar-refractivity contribution in [3.63, 3.8) is 0 Å². The molecule has 0 saturated carbocycles. The molecule has 3 heteroatoms. The maximum absolute atomic E-state index is 10.3. The summed E-state index contributed by atoms with van der Waals surface area (Å²) in [7, 11) is -2.91. The molecule has 0 aromatic rings. The summed E-state index contributed by atoms with van der Waals surface area (Å²) in [5, 5.41) is 1.15. The standard InChI is InChI=1S/C5H9O2S/c1-3-4-5-8(2,6)7/h4-5H,1,3H2,2H3. The van der Waals surface area contributed by atoms with Gasteiger partial charge in [-0.3, -0.25) is 0 Å². The smallest absolute Gasteiger partial charge is 0.168 e. The van der Waals surface area contributed by atoms with Gasteiger partial charge in [0.15, 0.2) is 9.84 Å². The van der Waals surface area contributed by atoms with Gasteiger partial charge in [-0.2, -0.15) is 0 Å². The van der Waals surface area contributed by atoms with E-state index in [2.05, 4.69) is 6.92 Å². The van der Waals surface area contributed by atoms with Gasteiger partial charge in [0.2, 0.25) is 0 Å². The SMILES string of the molecule is [CH2]CC=CS(C)(=O)=O. The second-order valence-electron chi connectivity index (χ2n) is 1.49. The molecule has 0 atom stereocenters. The van der Waals surface area contributed by atoms with Gasteiger partial charge in [0.25, 0.3) is 0 Å². The predicted octanol–water partition coefficient (Wildman–Crippen LogP) is 0.769. The van der Waals surface area contributed by atoms with Crippen LogP contribution in [0.3, 0.4) is 0 Å². The van der Waals surface area contributed by atoms with Crippen LogP contribution < -0.4 is 0 Å². The summed E-state index contributed by atoms with van der Waals surface area (Å²) in [4.78, 5) is 0. The summed E-state index contributed by atoms with van der Waals surface area (Å²) >= 11 is 0. The Hall–Kier alpha value is -0.310. The molecule has 2 nitrogen and oxygen atoms in total. The van der Waals surface area contributed by atoms with Crippen LogP contribution in [0, 0.1) is 6.92 Å². The predicted molar refractivity (Wildman–Crippen MR) is 34.0 cm³/mol. The minimum absolute atomic E-state index is 0.521. The number of allylic oxidation sites excluding steroid dienone is 1. The summed E-state index contributed by atoms with van der Waals surface area (Å²) < 4.78 is 20.6. The summed E-state index contributed by atoms with van der Waals surface area (Å²) in [6.07, 6.45) is 3.18. The number of hydrogen-bond acceptors (Lipinski definition) is 2. The van der Waals surface area contributed by atoms with Crippen molar-refractivity contribution in [2.45, 2.75) is 6.42 Å². The lowest BCUT2D eigenvalue weighted by atomic mass is 10.5. The molecule has 0 bridgehead atoms. The zero-order valence-electron chi connectivity index (χ0n) is 4.79. The summed E-state index contributed by atoms with van der Waals surface area (Å²) in [5.41, 5.74) is 0. The minimum atomic E-state index is -2.91. The molecule has 0 N–H and O–H groups in total. The second kappa shape index (κ2) is 2.87. The molecule has 0 saturated heterocycles. The Labute approximate surface area is 50.1 Å². The van der Waals surface area contributed by atoms with Gasteiger partial charge in [0, 0.05) is 11.7 Å². The number of sulfone groups is 1. The minimum Gasteiger partial charge on any atom is -0.225 e. The summed E-state index contributed by atoms with van der Waals surface area (Å²) in [6, 6.07) is 0. The Balaban J connectivity index is 3.92. The van der Waals surface area contributed by atoms with Crippen molar-refractivity contribution in [3.8, 4) is 0 Å². The van der Waals surface area contributed by atoms with Crippen molar-refractivity contribution in [2.24, 2.45) is 0 Å². The van der Waals surface area contributed by atoms with E-state index in [9.17, 15) is 8.42 Å². The lowest BCUT2D eigenvalue weighted by molar-refractivity contribution is 0.610. The molecule has 0 fully saturated rings. The largest absolute Gasteiger partial charge is 0.225 e. The Morgan fingerprint density at radius 1 is 1.62 bits per heavy atom. The van der Waals surface area contributed by atoms with Crippen LogP contribution in [0.15, 0.2) is 11.5 Å². The van der Waals surface area contributed by atoms with Crippen molar-refractivity contribution < 1.29 is 8.42 Å². The van der Waals surface area contributed by atoms with E-state index in [0.29, 0.717) is 6.42 Å². The summed E-state index contributed by atoms with van der Waals surface area (Å²) in [6.45, 7) is 3.44. The van der Waals surface area contributed by atoms with Crippen molar-refractivity contribution in [1.82, 2.24) is 0 Å². The molecule has 0 aliphatic carbocycles. The van der Waals surface area contributed by atoms with E-state index in [-0.39, 0.29) is 0 Å². The lowest BCUT2D eigenvalue weighted by Gasteiger charge is -1.80. The maximum atomic E-state index is 10.3. The molecular formula is C5H9O2S. The van der Waals surface area contributed by atoms with Gasteiger partial charge in [0.05, 0.1) is 0 Å². The van der Waals surface area contributed by atoms with Crippen molar-refractivity contribution in [2.75, 3.05) is 6.26 Å². The molecule has 0 unspecified atom stereocenters. The Bertz CT molecular complexity index is 165. The fourth-order valence-electron chi connectivity index (χ4n) is 0.243. The molecule has 0 spiro atoms. The maximum Gasteiger partial charge on any atom is 0.168 e. The highest BCUT2D eigenvalue weighted by molar-refractivity contribution is 7.93. The van der Waals surface area contributed by atoms with E-state index < -0.39 is 9.84 Å². The fourth-order valence-corrected chi connectivity index (χ4v) is 0.729. The molecule has 8 heavy (non-hydrogen) atoms. The van der Waals surface area contributed by atoms with Crippen LogP contribution in [0.1, 0.15) is 6.42 Å². The van der Waals surface area contributed by atoms with Crippen molar-refractivity contribution in [1.29, 1.82) is 0 Å². The van der Waals surface area contributed by atoms with E-state index in [1.165, 1.54) is 6.08 Å². The van der Waals surface area contributed by atoms with Gasteiger partial charge in [0.1, 0.15) is 0 Å². The quantitative estimate of drug-likeness (QED) is 0.557. The van der Waals surface area contributed by atoms with Crippen molar-refractivity contribution in [3.05, 3.63) is 18.4 Å². The molecule has 0 amide bonds. The van der Waals surface area contributed by atoms with Crippen LogP contribution in [0.5, 0.6) is 0 Å². The molecule has 0 aliphatic rings. The van der Waals surface area contributed by atoms with Gasteiger partial charge in [-0.05, 0) is 13.3 Å². The van der Waals surface area contributed by atoms with Crippen LogP contribution in [-0.4, -0.2) is 14.7 Å². The fraction of sp³-hybridized carbons (Fsp3) is 0.400. The third-order valence-electron chi connectivity index (χ3n) is 0.510. The van der Waals surface area contributed by atoms with Gasteiger partial charge in [-0.15, -0.1) is 0 Å². The molecule has 0 rings (SSSR count). The molecule has 0 heterocycles. The van der Waals surface area contributed by atoms with E-state index in [1.54, 1.807) is 0 Å². The summed E-state index contributed by atoms with van der Waals surface area (Å²) in [5.74, 6) is 0. The molecule has 1 radical (unpaired) electrons. The second-order valence-corrected chi connectivity index (χ2v) is 3.42. The Morgan fingerprint density at radius 2 is 2.12 bits per heavy atom. The van der Waals surface area contributed by atoms with Gasteiger partial charge < -0.3 is 0 Å². The molecule has 0 aromatic heterocycles.